The molecule has 96 heavy (non-hydrogen) atoms. The van der Waals surface area contributed by atoms with Gasteiger partial charge in [0, 0.05) is 43.3 Å². The van der Waals surface area contributed by atoms with Crippen molar-refractivity contribution < 1.29 is 4.42 Å². The summed E-state index contributed by atoms with van der Waals surface area (Å²) in [6.07, 6.45) is 0. The summed E-state index contributed by atoms with van der Waals surface area (Å²) in [4.78, 5) is 0. The molecule has 0 aliphatic carbocycles. The van der Waals surface area contributed by atoms with Crippen LogP contribution in [0.4, 0.5) is 0 Å². The Kier molecular flexibility index (Phi) is 12.6. The Morgan fingerprint density at radius 3 is 0.781 bits per heavy atom. The standard InChI is InChI=1S/C91H56N4O/c92-57-79-86-72-38-22-37-71(64-35-20-7-21-36-64)90(72)96-91(86)89(95-84-49-43-69(62-31-16-5-17-32-62)55-77(84)78-56-70(44-50-85(78)95)63-33-18-6-19-34-63)88(94-82-47-41-67(60-27-12-3-13-28-60)53-75(82)76-54-68(42-48-83(76)94)61-29-14-4-15-30-61)87(79)93-80-45-39-65(58-23-8-1-9-24-58)51-73(80)74-52-66(40-46-81(74)93)59-25-10-2-11-26-59/h1-56H. The molecule has 0 spiro atoms. The van der Waals surface area contributed by atoms with Gasteiger partial charge in [0.15, 0.2) is 5.58 Å². The van der Waals surface area contributed by atoms with Gasteiger partial charge in [0.1, 0.15) is 17.3 Å². The van der Waals surface area contributed by atoms with Crippen LogP contribution in [0.1, 0.15) is 5.56 Å². The molecular weight excluding hydrogens is 1170 g/mol. The van der Waals surface area contributed by atoms with E-state index in [9.17, 15) is 5.26 Å². The summed E-state index contributed by atoms with van der Waals surface area (Å²) in [6.45, 7) is 0. The summed E-state index contributed by atoms with van der Waals surface area (Å²) in [5.41, 5.74) is 25.2. The first kappa shape index (κ1) is 54.7. The van der Waals surface area contributed by atoms with Crippen LogP contribution in [0.5, 0.6) is 0 Å². The summed E-state index contributed by atoms with van der Waals surface area (Å²) in [5, 5.41) is 20.9. The lowest BCUT2D eigenvalue weighted by Gasteiger charge is -2.24. The van der Waals surface area contributed by atoms with E-state index in [1.807, 2.05) is 0 Å². The Morgan fingerprint density at radius 2 is 0.490 bits per heavy atom. The second-order valence-corrected chi connectivity index (χ2v) is 25.0. The van der Waals surface area contributed by atoms with E-state index >= 15 is 0 Å². The van der Waals surface area contributed by atoms with Crippen molar-refractivity contribution in [3.63, 3.8) is 0 Å². The molecule has 0 saturated carbocycles. The molecule has 0 atom stereocenters. The first-order valence-corrected chi connectivity index (χ1v) is 32.7. The van der Waals surface area contributed by atoms with Crippen LogP contribution in [0.2, 0.25) is 0 Å². The van der Waals surface area contributed by atoms with E-state index in [2.05, 4.69) is 359 Å². The molecule has 4 aromatic heterocycles. The maximum atomic E-state index is 12.9. The van der Waals surface area contributed by atoms with Gasteiger partial charge in [0.05, 0.1) is 55.4 Å². The molecule has 0 unspecified atom stereocenters. The molecule has 0 radical (unpaired) electrons. The lowest BCUT2D eigenvalue weighted by Crippen LogP contribution is -2.12. The zero-order chi connectivity index (χ0) is 63.4. The monoisotopic (exact) mass is 1220 g/mol. The fourth-order valence-corrected chi connectivity index (χ4v) is 15.2. The topological polar surface area (TPSA) is 51.7 Å². The second kappa shape index (κ2) is 22.1. The van der Waals surface area contributed by atoms with Gasteiger partial charge in [-0.3, -0.25) is 0 Å². The maximum absolute atomic E-state index is 12.9. The molecule has 5 heteroatoms. The molecule has 5 nitrogen and oxygen atoms in total. The van der Waals surface area contributed by atoms with Gasteiger partial charge in [-0.2, -0.15) is 5.26 Å². The molecule has 0 fully saturated rings. The Morgan fingerprint density at radius 1 is 0.219 bits per heavy atom. The first-order valence-electron chi connectivity index (χ1n) is 32.7. The number of furan rings is 1. The first-order chi connectivity index (χ1) is 47.6. The minimum absolute atomic E-state index is 0.487. The summed E-state index contributed by atoms with van der Waals surface area (Å²) < 4.78 is 15.3. The fourth-order valence-electron chi connectivity index (χ4n) is 15.2. The van der Waals surface area contributed by atoms with Crippen LogP contribution in [0, 0.1) is 11.3 Å². The SMILES string of the molecule is N#Cc1c(-n2c3ccc(-c4ccccc4)cc3c3cc(-c4ccccc4)ccc32)c(-n2c3ccc(-c4ccccc4)cc3c3cc(-c4ccccc4)ccc32)c(-n2c3ccc(-c4ccccc4)cc3c3cc(-c4ccccc4)ccc32)c2oc3c(-c4ccccc4)cccc3c12. The van der Waals surface area contributed by atoms with Gasteiger partial charge in [-0.05, 0) is 145 Å². The number of benzene rings is 15. The van der Waals surface area contributed by atoms with E-state index < -0.39 is 0 Å². The molecule has 19 rings (SSSR count). The summed E-state index contributed by atoms with van der Waals surface area (Å²) in [7, 11) is 0. The van der Waals surface area contributed by atoms with E-state index in [1.54, 1.807) is 0 Å². The quantitative estimate of drug-likeness (QED) is 0.137. The number of rotatable bonds is 10. The minimum atomic E-state index is 0.487. The van der Waals surface area contributed by atoms with E-state index in [-0.39, 0.29) is 0 Å². The van der Waals surface area contributed by atoms with Crippen molar-refractivity contribution in [3.05, 3.63) is 345 Å². The van der Waals surface area contributed by atoms with Crippen LogP contribution < -0.4 is 0 Å². The smallest absolute Gasteiger partial charge is 0.163 e. The van der Waals surface area contributed by atoms with Crippen LogP contribution in [-0.4, -0.2) is 13.7 Å². The normalized spacial score (nSPS) is 11.7. The number of nitriles is 1. The predicted molar refractivity (Wildman–Crippen MR) is 400 cm³/mol. The number of hydrogen-bond donors (Lipinski definition) is 0. The third-order valence-electron chi connectivity index (χ3n) is 19.7. The van der Waals surface area contributed by atoms with E-state index in [0.29, 0.717) is 16.7 Å². The van der Waals surface area contributed by atoms with Crippen molar-refractivity contribution in [2.75, 3.05) is 0 Å². The Hall–Kier alpha value is -13.0. The highest BCUT2D eigenvalue weighted by Gasteiger charge is 2.34. The van der Waals surface area contributed by atoms with Crippen molar-refractivity contribution in [2.45, 2.75) is 0 Å². The van der Waals surface area contributed by atoms with Gasteiger partial charge in [-0.25, -0.2) is 0 Å². The van der Waals surface area contributed by atoms with Crippen molar-refractivity contribution in [3.8, 4) is 101 Å². The molecule has 19 aromatic rings. The number of fused-ring (bicyclic) bond motifs is 12. The van der Waals surface area contributed by atoms with Crippen LogP contribution >= 0.6 is 0 Å². The summed E-state index contributed by atoms with van der Waals surface area (Å²) in [6, 6.07) is 125. The zero-order valence-electron chi connectivity index (χ0n) is 52.0. The van der Waals surface area contributed by atoms with E-state index in [1.165, 1.54) is 0 Å². The number of nitrogens with zero attached hydrogens (tertiary/aromatic N) is 4. The van der Waals surface area contributed by atoms with Crippen molar-refractivity contribution in [2.24, 2.45) is 0 Å². The largest absolute Gasteiger partial charge is 0.453 e. The second-order valence-electron chi connectivity index (χ2n) is 25.0. The third-order valence-corrected chi connectivity index (χ3v) is 19.7. The minimum Gasteiger partial charge on any atom is -0.453 e. The molecule has 0 N–H and O–H groups in total. The van der Waals surface area contributed by atoms with Gasteiger partial charge in [-0.15, -0.1) is 0 Å². The molecule has 0 bridgehead atoms. The van der Waals surface area contributed by atoms with Crippen LogP contribution in [0.25, 0.3) is 182 Å². The number of para-hydroxylation sites is 1. The molecular formula is C91H56N4O. The zero-order valence-corrected chi connectivity index (χ0v) is 52.0. The van der Waals surface area contributed by atoms with Gasteiger partial charge in [0.2, 0.25) is 0 Å². The Balaban J connectivity index is 1.06. The van der Waals surface area contributed by atoms with Gasteiger partial charge in [-0.1, -0.05) is 267 Å². The van der Waals surface area contributed by atoms with Gasteiger partial charge >= 0.3 is 0 Å². The molecule has 15 aromatic carbocycles. The molecule has 0 amide bonds. The molecule has 446 valence electrons. The summed E-state index contributed by atoms with van der Waals surface area (Å²) in [5.74, 6) is 0. The fraction of sp³-hybridized carbons (Fsp3) is 0. The van der Waals surface area contributed by atoms with Gasteiger partial charge < -0.3 is 18.1 Å². The van der Waals surface area contributed by atoms with Crippen LogP contribution in [-0.2, 0) is 0 Å². The van der Waals surface area contributed by atoms with Crippen molar-refractivity contribution in [1.82, 2.24) is 13.7 Å². The highest BCUT2D eigenvalue weighted by atomic mass is 16.3. The number of hydrogen-bond acceptors (Lipinski definition) is 2. The van der Waals surface area contributed by atoms with Crippen molar-refractivity contribution in [1.29, 1.82) is 5.26 Å². The highest BCUT2D eigenvalue weighted by Crippen LogP contribution is 2.52. The van der Waals surface area contributed by atoms with Crippen LogP contribution in [0.15, 0.2) is 344 Å². The number of aromatic nitrogens is 3. The predicted octanol–water partition coefficient (Wildman–Crippen LogP) is 24.4. The lowest BCUT2D eigenvalue weighted by molar-refractivity contribution is 0.667. The third kappa shape index (κ3) is 8.63. The molecule has 4 heterocycles. The molecule has 0 aliphatic heterocycles. The average Bonchev–Trinajstić information content (AvgIpc) is 1.56. The Labute approximate surface area is 553 Å². The molecule has 0 saturated heterocycles. The average molecular weight is 1220 g/mol. The molecule has 0 aliphatic rings. The van der Waals surface area contributed by atoms with Crippen LogP contribution in [0.3, 0.4) is 0 Å². The van der Waals surface area contributed by atoms with E-state index in [4.69, 9.17) is 4.42 Å². The maximum Gasteiger partial charge on any atom is 0.163 e. The Bertz CT molecular complexity index is 6050. The highest BCUT2D eigenvalue weighted by molar-refractivity contribution is 6.22. The lowest BCUT2D eigenvalue weighted by atomic mass is 9.98. The van der Waals surface area contributed by atoms with E-state index in [0.717, 1.165) is 171 Å². The van der Waals surface area contributed by atoms with Crippen molar-refractivity contribution >= 4 is 87.4 Å². The van der Waals surface area contributed by atoms with Gasteiger partial charge in [0.25, 0.3) is 0 Å². The summed E-state index contributed by atoms with van der Waals surface area (Å²) >= 11 is 0.